The molecular weight excluding hydrogens is 795 g/mol. The lowest BCUT2D eigenvalue weighted by Crippen LogP contribution is -2.04. The second kappa shape index (κ2) is 15.1. The van der Waals surface area contributed by atoms with Gasteiger partial charge in [0, 0.05) is 47.0 Å². The van der Waals surface area contributed by atoms with E-state index in [0.717, 1.165) is 100 Å². The van der Waals surface area contributed by atoms with E-state index in [-0.39, 0.29) is 0 Å². The molecule has 2 heterocycles. The number of halogens is 6. The number of alkyl halides is 6. The Morgan fingerprint density at radius 1 is 0.258 bits per heavy atom. The van der Waals surface area contributed by atoms with Crippen LogP contribution < -0.4 is 0 Å². The predicted molar refractivity (Wildman–Crippen MR) is 235 cm³/mol. The predicted octanol–water partition coefficient (Wildman–Crippen LogP) is 14.9. The number of nitrogens with zero attached hydrogens (tertiary/aromatic N) is 4. The van der Waals surface area contributed by atoms with E-state index in [1.165, 1.54) is 24.3 Å². The van der Waals surface area contributed by atoms with Crippen molar-refractivity contribution in [2.45, 2.75) is 12.4 Å². The van der Waals surface area contributed by atoms with Gasteiger partial charge in [0.25, 0.3) is 0 Å². The Hall–Kier alpha value is -7.72. The maximum absolute atomic E-state index is 13.2. The minimum absolute atomic E-state index is 0.321. The summed E-state index contributed by atoms with van der Waals surface area (Å²) in [6.45, 7) is 0. The van der Waals surface area contributed by atoms with Crippen LogP contribution in [0, 0.1) is 0 Å². The maximum atomic E-state index is 13.2. The summed E-state index contributed by atoms with van der Waals surface area (Å²) >= 11 is 0. The minimum atomic E-state index is -4.43. The normalized spacial score (nSPS) is 12.0. The van der Waals surface area contributed by atoms with Crippen LogP contribution in [0.25, 0.3) is 98.9 Å². The van der Waals surface area contributed by atoms with Gasteiger partial charge in [-0.3, -0.25) is 0 Å². The molecule has 0 atom stereocenters. The van der Waals surface area contributed by atoms with E-state index in [4.69, 9.17) is 0 Å². The van der Waals surface area contributed by atoms with Crippen molar-refractivity contribution >= 4 is 53.9 Å². The molecule has 4 nitrogen and oxygen atoms in total. The number of fused-ring (bicyclic) bond motifs is 10. The molecule has 0 N–H and O–H groups in total. The molecule has 300 valence electrons. The minimum Gasteiger partial charge on any atom is -0.236 e. The van der Waals surface area contributed by atoms with Crippen LogP contribution in [-0.4, -0.2) is 19.9 Å². The van der Waals surface area contributed by atoms with Crippen molar-refractivity contribution in [3.05, 3.63) is 194 Å². The number of rotatable bonds is 4. The van der Waals surface area contributed by atoms with E-state index in [2.05, 4.69) is 80.6 Å². The van der Waals surface area contributed by atoms with Gasteiger partial charge in [0.15, 0.2) is 11.6 Å². The fourth-order valence-electron chi connectivity index (χ4n) is 8.09. The summed E-state index contributed by atoms with van der Waals surface area (Å²) in [6, 6.07) is 47.1. The molecule has 0 radical (unpaired) electrons. The summed E-state index contributed by atoms with van der Waals surface area (Å²) in [6.07, 6.45) is -2.10. The van der Waals surface area contributed by atoms with E-state index in [0.29, 0.717) is 22.8 Å². The first-order chi connectivity index (χ1) is 30.0. The molecule has 0 saturated heterocycles. The highest BCUT2D eigenvalue weighted by molar-refractivity contribution is 6.26. The molecule has 10 aromatic rings. The molecule has 0 aliphatic carbocycles. The molecule has 10 heteroatoms. The zero-order valence-corrected chi connectivity index (χ0v) is 32.4. The second-order valence-corrected chi connectivity index (χ2v) is 14.9. The molecule has 0 unspecified atom stereocenters. The van der Waals surface area contributed by atoms with Crippen LogP contribution in [0.4, 0.5) is 26.3 Å². The van der Waals surface area contributed by atoms with Crippen molar-refractivity contribution < 1.29 is 26.3 Å². The zero-order valence-electron chi connectivity index (χ0n) is 32.4. The summed E-state index contributed by atoms with van der Waals surface area (Å²) in [4.78, 5) is 18.2. The van der Waals surface area contributed by atoms with Crippen molar-refractivity contribution in [3.8, 4) is 45.0 Å². The van der Waals surface area contributed by atoms with E-state index in [9.17, 15) is 26.3 Å². The molecule has 0 aliphatic heterocycles. The fourth-order valence-corrected chi connectivity index (χ4v) is 8.09. The van der Waals surface area contributed by atoms with Crippen LogP contribution in [0.3, 0.4) is 0 Å². The van der Waals surface area contributed by atoms with E-state index >= 15 is 0 Å². The van der Waals surface area contributed by atoms with Crippen molar-refractivity contribution in [2.75, 3.05) is 0 Å². The van der Waals surface area contributed by atoms with Crippen LogP contribution in [0.2, 0.25) is 0 Å². The van der Waals surface area contributed by atoms with Crippen LogP contribution in [0.1, 0.15) is 11.1 Å². The Morgan fingerprint density at radius 2 is 0.516 bits per heavy atom. The molecular formula is C52H30F6N4. The van der Waals surface area contributed by atoms with Gasteiger partial charge in [0.05, 0.1) is 11.1 Å². The molecule has 0 fully saturated rings. The Morgan fingerprint density at radius 3 is 0.806 bits per heavy atom. The first-order valence-corrected chi connectivity index (χ1v) is 19.6. The third-order valence-electron chi connectivity index (χ3n) is 11.2. The Balaban J connectivity index is 1.15. The highest BCUT2D eigenvalue weighted by Crippen LogP contribution is 2.39. The largest absolute Gasteiger partial charge is 0.416 e. The highest BCUT2D eigenvalue weighted by atomic mass is 19.4. The summed E-state index contributed by atoms with van der Waals surface area (Å²) in [7, 11) is 0. The molecule has 8 aromatic carbocycles. The van der Waals surface area contributed by atoms with Gasteiger partial charge in [0.2, 0.25) is 0 Å². The van der Waals surface area contributed by atoms with Gasteiger partial charge in [-0.2, -0.15) is 26.3 Å². The number of hydrogen-bond donors (Lipinski definition) is 0. The van der Waals surface area contributed by atoms with Gasteiger partial charge in [-0.1, -0.05) is 121 Å². The lowest BCUT2D eigenvalue weighted by atomic mass is 9.92. The molecule has 2 aromatic heterocycles. The molecule has 62 heavy (non-hydrogen) atoms. The highest BCUT2D eigenvalue weighted by Gasteiger charge is 2.31. The van der Waals surface area contributed by atoms with Gasteiger partial charge in [-0.15, -0.1) is 0 Å². The maximum Gasteiger partial charge on any atom is 0.416 e. The van der Waals surface area contributed by atoms with Crippen LogP contribution in [-0.2, 0) is 12.4 Å². The molecule has 0 bridgehead atoms. The topological polar surface area (TPSA) is 51.6 Å². The lowest BCUT2D eigenvalue weighted by molar-refractivity contribution is -0.138. The number of benzene rings is 7. The Labute approximate surface area is 350 Å². The molecule has 0 amide bonds. The van der Waals surface area contributed by atoms with Crippen molar-refractivity contribution in [3.63, 3.8) is 0 Å². The second-order valence-electron chi connectivity index (χ2n) is 14.9. The average Bonchev–Trinajstić information content (AvgIpc) is 3.31. The van der Waals surface area contributed by atoms with Crippen molar-refractivity contribution in [2.24, 2.45) is 0 Å². The van der Waals surface area contributed by atoms with Gasteiger partial charge in [-0.05, 0) is 101 Å². The van der Waals surface area contributed by atoms with Crippen molar-refractivity contribution in [1.29, 1.82) is 0 Å². The molecule has 0 saturated carbocycles. The first-order valence-electron chi connectivity index (χ1n) is 19.6. The number of aromatic nitrogens is 4. The Kier molecular flexibility index (Phi) is 9.36. The third kappa shape index (κ3) is 7.09. The smallest absolute Gasteiger partial charge is 0.236 e. The van der Waals surface area contributed by atoms with E-state index in [1.807, 2.05) is 48.5 Å². The zero-order chi connectivity index (χ0) is 42.6. The SMILES string of the molecule is FC(F)(F)c1ccc(-c2ncc(-c3ccc4c5ccccc5c5ccc(-c6cnc(-c7ccc(C(F)(F)F)cc7)nc6)cc5c5ccccc5c5ccccc5c4c3)cn2)cc1. The van der Waals surface area contributed by atoms with Gasteiger partial charge in [0.1, 0.15) is 0 Å². The first kappa shape index (κ1) is 38.5. The van der Waals surface area contributed by atoms with Crippen LogP contribution >= 0.6 is 0 Å². The van der Waals surface area contributed by atoms with Crippen LogP contribution in [0.5, 0.6) is 0 Å². The van der Waals surface area contributed by atoms with Crippen molar-refractivity contribution in [1.82, 2.24) is 19.9 Å². The number of hydrogen-bond acceptors (Lipinski definition) is 4. The lowest BCUT2D eigenvalue weighted by Gasteiger charge is -2.12. The van der Waals surface area contributed by atoms with Gasteiger partial charge >= 0.3 is 12.4 Å². The van der Waals surface area contributed by atoms with E-state index < -0.39 is 23.5 Å². The molecule has 10 rings (SSSR count). The Bertz CT molecular complexity index is 3110. The molecule has 0 spiro atoms. The summed E-state index contributed by atoms with van der Waals surface area (Å²) in [5, 5.41) is 10.1. The van der Waals surface area contributed by atoms with Gasteiger partial charge in [-0.25, -0.2) is 19.9 Å². The van der Waals surface area contributed by atoms with E-state index in [1.54, 1.807) is 24.8 Å². The summed E-state index contributed by atoms with van der Waals surface area (Å²) in [5.74, 6) is 0.642. The quantitative estimate of drug-likeness (QED) is 0.166. The molecule has 0 aliphatic rings. The summed E-state index contributed by atoms with van der Waals surface area (Å²) in [5.41, 5.74) is 2.74. The fraction of sp³-hybridized carbons (Fsp3) is 0.0385. The summed E-state index contributed by atoms with van der Waals surface area (Å²) < 4.78 is 79.1. The average molecular weight is 825 g/mol. The standard InChI is InChI=1S/C52H30F6N4/c53-51(54,55)37-19-13-31(14-20-37)49-59-27-35(28-60-49)33-17-23-45-41-9-1-2-10-42(41)46-24-18-34(36-29-61-50(62-30-36)32-15-21-38(22-16-32)52(56,57)58)26-48(46)44-12-6-4-8-40(44)39-7-3-5-11-43(39)47(45)25-33/h1-30H. The monoisotopic (exact) mass is 824 g/mol. The van der Waals surface area contributed by atoms with Gasteiger partial charge < -0.3 is 0 Å². The third-order valence-corrected chi connectivity index (χ3v) is 11.2. The van der Waals surface area contributed by atoms with Crippen LogP contribution in [0.15, 0.2) is 183 Å².